The van der Waals surface area contributed by atoms with E-state index in [-0.39, 0.29) is 12.1 Å². The minimum absolute atomic E-state index is 0.0570. The number of allylic oxidation sites excluding steroid dienone is 2. The molecule has 30 heavy (non-hydrogen) atoms. The summed E-state index contributed by atoms with van der Waals surface area (Å²) in [6.07, 6.45) is 23.3. The molecule has 0 aromatic heterocycles. The summed E-state index contributed by atoms with van der Waals surface area (Å²) < 4.78 is 0.852. The molecule has 0 aromatic carbocycles. The summed E-state index contributed by atoms with van der Waals surface area (Å²) in [4.78, 5) is 16.3. The molecule has 0 fully saturated rings. The van der Waals surface area contributed by atoms with E-state index < -0.39 is 0 Å². The van der Waals surface area contributed by atoms with E-state index in [0.717, 1.165) is 30.5 Å². The number of amides is 1. The minimum Gasteiger partial charge on any atom is -0.307 e. The number of unbranched alkanes of at least 4 members (excludes halogenated alkanes) is 11. The van der Waals surface area contributed by atoms with Crippen molar-refractivity contribution < 1.29 is 9.28 Å². The van der Waals surface area contributed by atoms with Gasteiger partial charge in [0, 0.05) is 20.3 Å². The Morgan fingerprint density at radius 3 is 2.10 bits per heavy atom. The molecule has 1 aliphatic heterocycles. The monoisotopic (exact) mass is 420 g/mol. The van der Waals surface area contributed by atoms with Gasteiger partial charge >= 0.3 is 0 Å². The smallest absolute Gasteiger partial charge is 0.221 e. The largest absolute Gasteiger partial charge is 0.307 e. The maximum atomic E-state index is 11.5. The predicted molar refractivity (Wildman–Crippen MR) is 131 cm³/mol. The Morgan fingerprint density at radius 2 is 1.53 bits per heavy atom. The summed E-state index contributed by atoms with van der Waals surface area (Å²) in [5, 5.41) is 3.11. The van der Waals surface area contributed by atoms with Gasteiger partial charge in [0.05, 0.1) is 13.1 Å². The third kappa shape index (κ3) is 10.2. The van der Waals surface area contributed by atoms with E-state index in [0.29, 0.717) is 0 Å². The highest BCUT2D eigenvalue weighted by atomic mass is 16.1. The summed E-state index contributed by atoms with van der Waals surface area (Å²) in [6.45, 7) is 11.2. The van der Waals surface area contributed by atoms with Gasteiger partial charge in [0.25, 0.3) is 0 Å². The lowest BCUT2D eigenvalue weighted by atomic mass is 10.1. The molecular weight excluding hydrogens is 370 g/mol. The van der Waals surface area contributed by atoms with E-state index in [9.17, 15) is 4.79 Å². The molecular formula is C26H50N3O+. The highest BCUT2D eigenvalue weighted by Crippen LogP contribution is 2.23. The third-order valence-corrected chi connectivity index (χ3v) is 6.69. The highest BCUT2D eigenvalue weighted by molar-refractivity contribution is 5.78. The van der Waals surface area contributed by atoms with Gasteiger partial charge in [-0.05, 0) is 39.0 Å². The molecule has 1 aliphatic rings. The van der Waals surface area contributed by atoms with E-state index in [1.54, 1.807) is 6.92 Å². The zero-order valence-corrected chi connectivity index (χ0v) is 20.6. The van der Waals surface area contributed by atoms with Gasteiger partial charge in [-0.1, -0.05) is 70.4 Å². The van der Waals surface area contributed by atoms with Crippen LogP contribution < -0.4 is 5.32 Å². The maximum Gasteiger partial charge on any atom is 0.221 e. The fourth-order valence-electron chi connectivity index (χ4n) is 4.73. The van der Waals surface area contributed by atoms with Crippen LogP contribution in [0.15, 0.2) is 17.1 Å². The predicted octanol–water partition coefficient (Wildman–Crippen LogP) is 6.75. The van der Waals surface area contributed by atoms with Crippen molar-refractivity contribution in [3.05, 3.63) is 12.2 Å². The molecule has 4 heteroatoms. The van der Waals surface area contributed by atoms with Crippen molar-refractivity contribution in [2.75, 3.05) is 19.6 Å². The second kappa shape index (κ2) is 16.5. The fraction of sp³-hybridized carbons (Fsp3) is 0.846. The average molecular weight is 421 g/mol. The fourth-order valence-corrected chi connectivity index (χ4v) is 4.73. The lowest BCUT2D eigenvalue weighted by Crippen LogP contribution is -2.62. The molecule has 1 rings (SSSR count). The minimum atomic E-state index is 0.0570. The summed E-state index contributed by atoms with van der Waals surface area (Å²) in [7, 11) is 0. The van der Waals surface area contributed by atoms with Crippen molar-refractivity contribution in [1.82, 2.24) is 5.32 Å². The first-order chi connectivity index (χ1) is 14.6. The van der Waals surface area contributed by atoms with Crippen LogP contribution in [0.3, 0.4) is 0 Å². The number of rotatable bonds is 18. The first-order valence-electron chi connectivity index (χ1n) is 12.9. The van der Waals surface area contributed by atoms with Crippen molar-refractivity contribution in [1.29, 1.82) is 0 Å². The van der Waals surface area contributed by atoms with E-state index in [1.165, 1.54) is 89.3 Å². The van der Waals surface area contributed by atoms with E-state index in [1.807, 2.05) is 0 Å². The van der Waals surface area contributed by atoms with Gasteiger partial charge in [0.1, 0.15) is 6.54 Å². The molecule has 1 amide bonds. The van der Waals surface area contributed by atoms with Gasteiger partial charge in [0.2, 0.25) is 5.91 Å². The number of aliphatic imine (C=N–C) groups is 1. The number of hydrogen-bond acceptors (Lipinski definition) is 2. The Labute approximate surface area is 187 Å². The first kappa shape index (κ1) is 26.9. The lowest BCUT2D eigenvalue weighted by Gasteiger charge is -2.39. The Hall–Kier alpha value is -1.16. The number of hydrogen-bond donors (Lipinski definition) is 1. The molecule has 0 bridgehead atoms. The first-order valence-corrected chi connectivity index (χ1v) is 12.9. The molecule has 2 unspecified atom stereocenters. The van der Waals surface area contributed by atoms with Crippen LogP contribution in [-0.2, 0) is 4.79 Å². The molecule has 0 spiro atoms. The summed E-state index contributed by atoms with van der Waals surface area (Å²) in [6, 6.07) is 0. The van der Waals surface area contributed by atoms with Crippen LogP contribution in [0.1, 0.15) is 118 Å². The standard InChI is InChI=1S/C26H49N3O/c1-5-7-8-9-10-11-12-13-14-15-16-17-18-19-20-21-26-27-22-23-29(26,6-2)24(3)28-25(4)30/h12-13,24H,5-11,14-23H2,1-4H3/p+1/b13-12+. The van der Waals surface area contributed by atoms with Gasteiger partial charge in [-0.15, -0.1) is 0 Å². The molecule has 0 radical (unpaired) electrons. The Balaban J connectivity index is 2.07. The average Bonchev–Trinajstić information content (AvgIpc) is 3.14. The van der Waals surface area contributed by atoms with Gasteiger partial charge in [0.15, 0.2) is 12.0 Å². The molecule has 0 aromatic rings. The zero-order chi connectivity index (χ0) is 22.1. The van der Waals surface area contributed by atoms with Gasteiger partial charge < -0.3 is 5.32 Å². The maximum absolute atomic E-state index is 11.5. The second-order valence-electron chi connectivity index (χ2n) is 9.08. The van der Waals surface area contributed by atoms with Crippen LogP contribution >= 0.6 is 0 Å². The van der Waals surface area contributed by atoms with Crippen molar-refractivity contribution in [3.63, 3.8) is 0 Å². The number of quaternary nitrogens is 1. The molecule has 0 saturated carbocycles. The number of nitrogens with one attached hydrogen (secondary N) is 1. The summed E-state index contributed by atoms with van der Waals surface area (Å²) in [5.74, 6) is 1.36. The normalized spacial score (nSPS) is 19.9. The van der Waals surface area contributed by atoms with Crippen molar-refractivity contribution >= 4 is 11.7 Å². The number of likely N-dealkylation sites (N-methyl/N-ethyl adjacent to an activating group) is 1. The summed E-state index contributed by atoms with van der Waals surface area (Å²) >= 11 is 0. The van der Waals surface area contributed by atoms with Gasteiger partial charge in [-0.25, -0.2) is 4.99 Å². The van der Waals surface area contributed by atoms with E-state index >= 15 is 0 Å². The van der Waals surface area contributed by atoms with Crippen LogP contribution in [-0.4, -0.2) is 42.0 Å². The molecule has 0 aliphatic carbocycles. The third-order valence-electron chi connectivity index (χ3n) is 6.69. The number of nitrogens with zero attached hydrogens (tertiary/aromatic N) is 2. The van der Waals surface area contributed by atoms with Gasteiger partial charge in [-0.3, -0.25) is 9.28 Å². The van der Waals surface area contributed by atoms with Crippen molar-refractivity contribution in [2.45, 2.75) is 124 Å². The second-order valence-corrected chi connectivity index (χ2v) is 9.08. The Kier molecular flexibility index (Phi) is 14.8. The Bertz CT molecular complexity index is 514. The molecule has 0 saturated heterocycles. The van der Waals surface area contributed by atoms with Crippen LogP contribution in [0.25, 0.3) is 0 Å². The number of carbonyl (C=O) groups is 1. The van der Waals surface area contributed by atoms with Crippen LogP contribution in [0.4, 0.5) is 0 Å². The van der Waals surface area contributed by atoms with Crippen LogP contribution in [0.5, 0.6) is 0 Å². The molecule has 1 N–H and O–H groups in total. The molecule has 174 valence electrons. The Morgan fingerprint density at radius 1 is 0.967 bits per heavy atom. The van der Waals surface area contributed by atoms with E-state index in [2.05, 4.69) is 38.2 Å². The molecule has 1 heterocycles. The van der Waals surface area contributed by atoms with Gasteiger partial charge in [-0.2, -0.15) is 0 Å². The van der Waals surface area contributed by atoms with Crippen molar-refractivity contribution in [2.24, 2.45) is 4.99 Å². The summed E-state index contributed by atoms with van der Waals surface area (Å²) in [5.41, 5.74) is 0. The SMILES string of the molecule is CCCCCCC/C=C/CCCCCCCCC1=NCC[N+]1(CC)C(C)NC(C)=O. The van der Waals surface area contributed by atoms with Crippen LogP contribution in [0, 0.1) is 0 Å². The zero-order valence-electron chi connectivity index (χ0n) is 20.6. The topological polar surface area (TPSA) is 41.5 Å². The molecule has 4 nitrogen and oxygen atoms in total. The quantitative estimate of drug-likeness (QED) is 0.149. The van der Waals surface area contributed by atoms with Crippen molar-refractivity contribution in [3.8, 4) is 0 Å². The lowest BCUT2D eigenvalue weighted by molar-refractivity contribution is -0.861. The number of carbonyl (C=O) groups excluding carboxylic acids is 1. The van der Waals surface area contributed by atoms with Crippen LogP contribution in [0.2, 0.25) is 0 Å². The highest BCUT2D eigenvalue weighted by Gasteiger charge is 2.41. The molecule has 2 atom stereocenters. The number of amidine groups is 1. The van der Waals surface area contributed by atoms with E-state index in [4.69, 9.17) is 4.99 Å².